The van der Waals surface area contributed by atoms with Gasteiger partial charge in [0.2, 0.25) is 11.8 Å². The second-order valence-corrected chi connectivity index (χ2v) is 5.08. The SMILES string of the molecule is Cc1ccccc1-c1nnc(CSc2ncccn2)o1. The summed E-state index contributed by atoms with van der Waals surface area (Å²) in [6.07, 6.45) is 3.42. The topological polar surface area (TPSA) is 64.7 Å². The van der Waals surface area contributed by atoms with E-state index in [9.17, 15) is 0 Å². The van der Waals surface area contributed by atoms with E-state index in [4.69, 9.17) is 4.42 Å². The Morgan fingerprint density at radius 2 is 1.85 bits per heavy atom. The molecule has 3 rings (SSSR count). The summed E-state index contributed by atoms with van der Waals surface area (Å²) in [5.74, 6) is 1.68. The van der Waals surface area contributed by atoms with Crippen molar-refractivity contribution in [1.29, 1.82) is 0 Å². The van der Waals surface area contributed by atoms with Gasteiger partial charge in [0.1, 0.15) is 0 Å². The smallest absolute Gasteiger partial charge is 0.248 e. The molecule has 0 fully saturated rings. The number of hydrogen-bond donors (Lipinski definition) is 0. The fraction of sp³-hybridized carbons (Fsp3) is 0.143. The minimum atomic E-state index is 0.549. The number of benzene rings is 1. The van der Waals surface area contributed by atoms with E-state index in [1.807, 2.05) is 31.2 Å². The Labute approximate surface area is 120 Å². The molecule has 0 radical (unpaired) electrons. The van der Waals surface area contributed by atoms with Crippen LogP contribution in [-0.2, 0) is 5.75 Å². The first-order valence-electron chi connectivity index (χ1n) is 6.11. The Bertz CT molecular complexity index is 699. The molecule has 0 saturated carbocycles. The summed E-state index contributed by atoms with van der Waals surface area (Å²) >= 11 is 1.47. The third kappa shape index (κ3) is 2.85. The van der Waals surface area contributed by atoms with Gasteiger partial charge in [-0.2, -0.15) is 0 Å². The van der Waals surface area contributed by atoms with Gasteiger partial charge in [-0.25, -0.2) is 9.97 Å². The maximum absolute atomic E-state index is 5.67. The van der Waals surface area contributed by atoms with Gasteiger partial charge in [-0.15, -0.1) is 10.2 Å². The highest BCUT2D eigenvalue weighted by molar-refractivity contribution is 7.98. The molecule has 2 aromatic heterocycles. The van der Waals surface area contributed by atoms with Crippen LogP contribution in [-0.4, -0.2) is 20.2 Å². The highest BCUT2D eigenvalue weighted by atomic mass is 32.2. The molecular formula is C14H12N4OS. The van der Waals surface area contributed by atoms with Crippen LogP contribution in [0.3, 0.4) is 0 Å². The summed E-state index contributed by atoms with van der Waals surface area (Å²) in [4.78, 5) is 8.27. The lowest BCUT2D eigenvalue weighted by Crippen LogP contribution is -1.85. The highest BCUT2D eigenvalue weighted by Gasteiger charge is 2.11. The van der Waals surface area contributed by atoms with Crippen LogP contribution in [0, 0.1) is 6.92 Å². The van der Waals surface area contributed by atoms with Crippen molar-refractivity contribution in [3.05, 3.63) is 54.2 Å². The van der Waals surface area contributed by atoms with Crippen molar-refractivity contribution in [2.45, 2.75) is 17.8 Å². The average molecular weight is 284 g/mol. The van der Waals surface area contributed by atoms with Crippen LogP contribution in [0.15, 0.2) is 52.3 Å². The van der Waals surface area contributed by atoms with Gasteiger partial charge in [-0.3, -0.25) is 0 Å². The van der Waals surface area contributed by atoms with Crippen molar-refractivity contribution in [2.75, 3.05) is 0 Å². The number of hydrogen-bond acceptors (Lipinski definition) is 6. The summed E-state index contributed by atoms with van der Waals surface area (Å²) in [5.41, 5.74) is 2.08. The van der Waals surface area contributed by atoms with Crippen molar-refractivity contribution in [1.82, 2.24) is 20.2 Å². The van der Waals surface area contributed by atoms with Crippen LogP contribution < -0.4 is 0 Å². The minimum Gasteiger partial charge on any atom is -0.420 e. The molecule has 100 valence electrons. The first-order valence-corrected chi connectivity index (χ1v) is 7.10. The second-order valence-electron chi connectivity index (χ2n) is 4.14. The molecule has 0 N–H and O–H groups in total. The molecular weight excluding hydrogens is 272 g/mol. The fourth-order valence-corrected chi connectivity index (χ4v) is 2.36. The van der Waals surface area contributed by atoms with Crippen molar-refractivity contribution < 1.29 is 4.42 Å². The molecule has 0 bridgehead atoms. The molecule has 6 heteroatoms. The molecule has 0 saturated heterocycles. The van der Waals surface area contributed by atoms with Gasteiger partial charge < -0.3 is 4.42 Å². The molecule has 20 heavy (non-hydrogen) atoms. The zero-order chi connectivity index (χ0) is 13.8. The maximum atomic E-state index is 5.67. The van der Waals surface area contributed by atoms with E-state index >= 15 is 0 Å². The third-order valence-corrected chi connectivity index (χ3v) is 3.57. The van der Waals surface area contributed by atoms with Crippen molar-refractivity contribution in [3.8, 4) is 11.5 Å². The van der Waals surface area contributed by atoms with E-state index in [-0.39, 0.29) is 0 Å². The standard InChI is InChI=1S/C14H12N4OS/c1-10-5-2-3-6-11(10)13-18-17-12(19-13)9-20-14-15-7-4-8-16-14/h2-8H,9H2,1H3. The molecule has 1 aromatic carbocycles. The second kappa shape index (κ2) is 5.83. The Morgan fingerprint density at radius 3 is 2.65 bits per heavy atom. The largest absolute Gasteiger partial charge is 0.420 e. The molecule has 0 unspecified atom stereocenters. The van der Waals surface area contributed by atoms with E-state index in [0.717, 1.165) is 11.1 Å². The molecule has 0 amide bonds. The van der Waals surface area contributed by atoms with E-state index in [0.29, 0.717) is 22.7 Å². The van der Waals surface area contributed by atoms with Gasteiger partial charge in [0, 0.05) is 18.0 Å². The Balaban J connectivity index is 1.73. The van der Waals surface area contributed by atoms with Crippen molar-refractivity contribution >= 4 is 11.8 Å². The number of nitrogens with zero attached hydrogens (tertiary/aromatic N) is 4. The summed E-state index contributed by atoms with van der Waals surface area (Å²) in [7, 11) is 0. The molecule has 0 aliphatic carbocycles. The van der Waals surface area contributed by atoms with Gasteiger partial charge in [-0.05, 0) is 24.6 Å². The lowest BCUT2D eigenvalue weighted by molar-refractivity contribution is 0.528. The summed E-state index contributed by atoms with van der Waals surface area (Å²) < 4.78 is 5.67. The van der Waals surface area contributed by atoms with E-state index in [1.165, 1.54) is 11.8 Å². The van der Waals surface area contributed by atoms with Gasteiger partial charge in [0.25, 0.3) is 0 Å². The molecule has 2 heterocycles. The van der Waals surface area contributed by atoms with Crippen LogP contribution in [0.4, 0.5) is 0 Å². The zero-order valence-electron chi connectivity index (χ0n) is 10.9. The number of aromatic nitrogens is 4. The minimum absolute atomic E-state index is 0.549. The van der Waals surface area contributed by atoms with Gasteiger partial charge in [0.05, 0.1) is 5.75 Å². The average Bonchev–Trinajstić information content (AvgIpc) is 2.95. The van der Waals surface area contributed by atoms with Crippen LogP contribution in [0.1, 0.15) is 11.5 Å². The molecule has 5 nitrogen and oxygen atoms in total. The molecule has 0 atom stereocenters. The molecule has 3 aromatic rings. The van der Waals surface area contributed by atoms with Gasteiger partial charge >= 0.3 is 0 Å². The number of aryl methyl sites for hydroxylation is 1. The Kier molecular flexibility index (Phi) is 3.73. The number of rotatable bonds is 4. The lowest BCUT2D eigenvalue weighted by atomic mass is 10.1. The molecule has 0 aliphatic rings. The zero-order valence-corrected chi connectivity index (χ0v) is 11.7. The van der Waals surface area contributed by atoms with Crippen molar-refractivity contribution in [2.24, 2.45) is 0 Å². The first-order chi connectivity index (χ1) is 9.83. The Morgan fingerprint density at radius 1 is 1.05 bits per heavy atom. The quantitative estimate of drug-likeness (QED) is 0.541. The predicted octanol–water partition coefficient (Wildman–Crippen LogP) is 3.13. The first kappa shape index (κ1) is 12.8. The van der Waals surface area contributed by atoms with Crippen molar-refractivity contribution in [3.63, 3.8) is 0 Å². The molecule has 0 spiro atoms. The normalized spacial score (nSPS) is 10.7. The van der Waals surface area contributed by atoms with Crippen LogP contribution in [0.5, 0.6) is 0 Å². The van der Waals surface area contributed by atoms with E-state index in [1.54, 1.807) is 18.5 Å². The molecule has 0 aliphatic heterocycles. The van der Waals surface area contributed by atoms with Crippen LogP contribution >= 0.6 is 11.8 Å². The Hall–Kier alpha value is -2.21. The highest BCUT2D eigenvalue weighted by Crippen LogP contribution is 2.24. The van der Waals surface area contributed by atoms with E-state index in [2.05, 4.69) is 20.2 Å². The third-order valence-electron chi connectivity index (χ3n) is 2.71. The summed E-state index contributed by atoms with van der Waals surface area (Å²) in [5, 5.41) is 8.84. The van der Waals surface area contributed by atoms with Gasteiger partial charge in [0.15, 0.2) is 5.16 Å². The summed E-state index contributed by atoms with van der Waals surface area (Å²) in [6, 6.07) is 9.72. The van der Waals surface area contributed by atoms with Gasteiger partial charge in [-0.1, -0.05) is 30.0 Å². The monoisotopic (exact) mass is 284 g/mol. The maximum Gasteiger partial charge on any atom is 0.248 e. The van der Waals surface area contributed by atoms with E-state index < -0.39 is 0 Å². The summed E-state index contributed by atoms with van der Waals surface area (Å²) in [6.45, 7) is 2.02. The predicted molar refractivity (Wildman–Crippen MR) is 76.1 cm³/mol. The number of thioether (sulfide) groups is 1. The van der Waals surface area contributed by atoms with Crippen LogP contribution in [0.25, 0.3) is 11.5 Å². The lowest BCUT2D eigenvalue weighted by Gasteiger charge is -1.98. The van der Waals surface area contributed by atoms with Crippen LogP contribution in [0.2, 0.25) is 0 Å². The fourth-order valence-electron chi connectivity index (χ4n) is 1.72.